The van der Waals surface area contributed by atoms with Gasteiger partial charge in [0.1, 0.15) is 17.2 Å². The van der Waals surface area contributed by atoms with Crippen molar-refractivity contribution < 1.29 is 14.3 Å². The van der Waals surface area contributed by atoms with Gasteiger partial charge in [0.15, 0.2) is 0 Å². The molecule has 1 heterocycles. The van der Waals surface area contributed by atoms with Crippen molar-refractivity contribution in [2.45, 2.75) is 40.7 Å². The fraction of sp³-hybridized carbons (Fsp3) is 0.360. The van der Waals surface area contributed by atoms with Gasteiger partial charge in [-0.15, -0.1) is 0 Å². The van der Waals surface area contributed by atoms with Crippen LogP contribution in [0.3, 0.4) is 0 Å². The van der Waals surface area contributed by atoms with Crippen LogP contribution >= 0.6 is 0 Å². The SMILES string of the molecule is COc1ccc(-c2cc(C(=O)NC(C)C(C)C)n(-c3ccc(C)cc3C)n2)c(OC)c1. The number of carbonyl (C=O) groups excluding carboxylic acids is 1. The summed E-state index contributed by atoms with van der Waals surface area (Å²) in [6, 6.07) is 13.5. The zero-order valence-corrected chi connectivity index (χ0v) is 19.3. The van der Waals surface area contributed by atoms with Gasteiger partial charge in [0.05, 0.1) is 25.6 Å². The number of rotatable bonds is 7. The van der Waals surface area contributed by atoms with Crippen LogP contribution < -0.4 is 14.8 Å². The fourth-order valence-electron chi connectivity index (χ4n) is 3.36. The second-order valence-electron chi connectivity index (χ2n) is 8.19. The Hall–Kier alpha value is -3.28. The van der Waals surface area contributed by atoms with Crippen molar-refractivity contribution in [2.75, 3.05) is 14.2 Å². The van der Waals surface area contributed by atoms with E-state index in [2.05, 4.69) is 25.2 Å². The number of aromatic nitrogens is 2. The number of benzene rings is 2. The average Bonchev–Trinajstić information content (AvgIpc) is 3.18. The molecule has 3 aromatic rings. The van der Waals surface area contributed by atoms with Gasteiger partial charge in [-0.3, -0.25) is 4.79 Å². The first-order chi connectivity index (χ1) is 14.7. The summed E-state index contributed by atoms with van der Waals surface area (Å²) in [7, 11) is 3.22. The van der Waals surface area contributed by atoms with E-state index in [4.69, 9.17) is 14.6 Å². The topological polar surface area (TPSA) is 65.4 Å². The quantitative estimate of drug-likeness (QED) is 0.586. The molecule has 3 rings (SSSR count). The normalized spacial score (nSPS) is 12.0. The predicted molar refractivity (Wildman–Crippen MR) is 123 cm³/mol. The van der Waals surface area contributed by atoms with Crippen LogP contribution in [0.1, 0.15) is 42.4 Å². The molecule has 1 unspecified atom stereocenters. The van der Waals surface area contributed by atoms with E-state index >= 15 is 0 Å². The molecule has 0 saturated heterocycles. The second kappa shape index (κ2) is 9.25. The maximum absolute atomic E-state index is 13.2. The van der Waals surface area contributed by atoms with Crippen LogP contribution in [0.2, 0.25) is 0 Å². The molecule has 2 aromatic carbocycles. The van der Waals surface area contributed by atoms with Crippen molar-refractivity contribution >= 4 is 5.91 Å². The molecule has 0 aliphatic rings. The van der Waals surface area contributed by atoms with E-state index in [1.165, 1.54) is 0 Å². The van der Waals surface area contributed by atoms with E-state index in [-0.39, 0.29) is 11.9 Å². The first kappa shape index (κ1) is 22.4. The van der Waals surface area contributed by atoms with Gasteiger partial charge in [-0.2, -0.15) is 5.10 Å². The minimum absolute atomic E-state index is 0.0361. The number of amides is 1. The van der Waals surface area contributed by atoms with Gasteiger partial charge < -0.3 is 14.8 Å². The molecule has 0 radical (unpaired) electrons. The monoisotopic (exact) mass is 421 g/mol. The van der Waals surface area contributed by atoms with Crippen LogP contribution in [0, 0.1) is 19.8 Å². The molecular formula is C25H31N3O3. The Labute approximate surface area is 184 Å². The van der Waals surface area contributed by atoms with E-state index in [1.807, 2.05) is 57.2 Å². The van der Waals surface area contributed by atoms with Crippen molar-refractivity contribution in [3.8, 4) is 28.4 Å². The molecule has 0 bridgehead atoms. The Morgan fingerprint density at radius 2 is 1.74 bits per heavy atom. The molecule has 0 spiro atoms. The van der Waals surface area contributed by atoms with Crippen LogP contribution in [-0.2, 0) is 0 Å². The number of hydrogen-bond acceptors (Lipinski definition) is 4. The fourth-order valence-corrected chi connectivity index (χ4v) is 3.36. The highest BCUT2D eigenvalue weighted by atomic mass is 16.5. The first-order valence-electron chi connectivity index (χ1n) is 10.5. The molecule has 6 nitrogen and oxygen atoms in total. The van der Waals surface area contributed by atoms with Gasteiger partial charge >= 0.3 is 0 Å². The molecule has 0 fully saturated rings. The Balaban J connectivity index is 2.15. The van der Waals surface area contributed by atoms with Crippen molar-refractivity contribution in [3.63, 3.8) is 0 Å². The summed E-state index contributed by atoms with van der Waals surface area (Å²) in [5.74, 6) is 1.49. The lowest BCUT2D eigenvalue weighted by molar-refractivity contribution is 0.0922. The summed E-state index contributed by atoms with van der Waals surface area (Å²) < 4.78 is 12.6. The molecule has 0 aliphatic heterocycles. The maximum Gasteiger partial charge on any atom is 0.270 e. The van der Waals surface area contributed by atoms with Crippen LogP contribution in [0.15, 0.2) is 42.5 Å². The number of carbonyl (C=O) groups is 1. The van der Waals surface area contributed by atoms with E-state index in [1.54, 1.807) is 18.9 Å². The number of methoxy groups -OCH3 is 2. The largest absolute Gasteiger partial charge is 0.497 e. The molecule has 0 saturated carbocycles. The van der Waals surface area contributed by atoms with Crippen LogP contribution in [0.5, 0.6) is 11.5 Å². The Morgan fingerprint density at radius 1 is 1.00 bits per heavy atom. The smallest absolute Gasteiger partial charge is 0.270 e. The minimum atomic E-state index is -0.160. The molecule has 1 aromatic heterocycles. The van der Waals surface area contributed by atoms with Gasteiger partial charge in [-0.25, -0.2) is 4.68 Å². The highest BCUT2D eigenvalue weighted by Crippen LogP contribution is 2.34. The molecule has 6 heteroatoms. The Morgan fingerprint density at radius 3 is 2.35 bits per heavy atom. The first-order valence-corrected chi connectivity index (χ1v) is 10.5. The van der Waals surface area contributed by atoms with Crippen LogP contribution in [0.4, 0.5) is 0 Å². The summed E-state index contributed by atoms with van der Waals surface area (Å²) in [6.45, 7) is 10.2. The molecule has 0 aliphatic carbocycles. The van der Waals surface area contributed by atoms with Crippen LogP contribution in [-0.4, -0.2) is 35.9 Å². The third kappa shape index (κ3) is 4.74. The second-order valence-corrected chi connectivity index (χ2v) is 8.19. The summed E-state index contributed by atoms with van der Waals surface area (Å²) in [6.07, 6.45) is 0. The summed E-state index contributed by atoms with van der Waals surface area (Å²) in [5, 5.41) is 7.91. The van der Waals surface area contributed by atoms with Gasteiger partial charge in [0.2, 0.25) is 0 Å². The third-order valence-corrected chi connectivity index (χ3v) is 5.57. The Bertz CT molecular complexity index is 1090. The summed E-state index contributed by atoms with van der Waals surface area (Å²) in [4.78, 5) is 13.2. The van der Waals surface area contributed by atoms with Gasteiger partial charge in [-0.1, -0.05) is 31.5 Å². The van der Waals surface area contributed by atoms with E-state index in [0.29, 0.717) is 28.8 Å². The number of ether oxygens (including phenoxy) is 2. The lowest BCUT2D eigenvalue weighted by Crippen LogP contribution is -2.37. The lowest BCUT2D eigenvalue weighted by Gasteiger charge is -2.18. The molecule has 31 heavy (non-hydrogen) atoms. The van der Waals surface area contributed by atoms with E-state index in [9.17, 15) is 4.79 Å². The molecule has 1 N–H and O–H groups in total. The van der Waals surface area contributed by atoms with Crippen molar-refractivity contribution in [1.29, 1.82) is 0 Å². The van der Waals surface area contributed by atoms with Crippen LogP contribution in [0.25, 0.3) is 16.9 Å². The zero-order chi connectivity index (χ0) is 22.7. The van der Waals surface area contributed by atoms with Gasteiger partial charge in [-0.05, 0) is 56.5 Å². The standard InChI is InChI=1S/C25H31N3O3/c1-15(2)18(5)26-25(29)23-14-21(20-10-9-19(30-6)13-24(20)31-7)27-28(23)22-11-8-16(3)12-17(22)4/h8-15,18H,1-7H3,(H,26,29). The summed E-state index contributed by atoms with van der Waals surface area (Å²) >= 11 is 0. The minimum Gasteiger partial charge on any atom is -0.497 e. The molecule has 164 valence electrons. The highest BCUT2D eigenvalue weighted by Gasteiger charge is 2.22. The van der Waals surface area contributed by atoms with Crippen molar-refractivity contribution in [2.24, 2.45) is 5.92 Å². The number of hydrogen-bond donors (Lipinski definition) is 1. The lowest BCUT2D eigenvalue weighted by atomic mass is 10.1. The number of nitrogens with zero attached hydrogens (tertiary/aromatic N) is 2. The zero-order valence-electron chi connectivity index (χ0n) is 19.3. The van der Waals surface area contributed by atoms with Crippen molar-refractivity contribution in [3.05, 3.63) is 59.3 Å². The molecule has 1 atom stereocenters. The molecule has 1 amide bonds. The number of nitrogens with one attached hydrogen (secondary N) is 1. The average molecular weight is 422 g/mol. The van der Waals surface area contributed by atoms with E-state index in [0.717, 1.165) is 22.4 Å². The summed E-state index contributed by atoms with van der Waals surface area (Å²) in [5.41, 5.74) is 4.99. The Kier molecular flexibility index (Phi) is 6.68. The number of aryl methyl sites for hydroxylation is 2. The molecular weight excluding hydrogens is 390 g/mol. The maximum atomic E-state index is 13.2. The van der Waals surface area contributed by atoms with E-state index < -0.39 is 0 Å². The highest BCUT2D eigenvalue weighted by molar-refractivity contribution is 5.95. The predicted octanol–water partition coefficient (Wildman–Crippen LogP) is 4.95. The van der Waals surface area contributed by atoms with Gasteiger partial charge in [0.25, 0.3) is 5.91 Å². The third-order valence-electron chi connectivity index (χ3n) is 5.57. The van der Waals surface area contributed by atoms with Gasteiger partial charge in [0, 0.05) is 17.7 Å². The van der Waals surface area contributed by atoms with Crippen molar-refractivity contribution in [1.82, 2.24) is 15.1 Å².